The summed E-state index contributed by atoms with van der Waals surface area (Å²) in [6, 6.07) is 0. The van der Waals surface area contributed by atoms with Crippen LogP contribution >= 0.6 is 12.2 Å². The van der Waals surface area contributed by atoms with Crippen LogP contribution in [0.1, 0.15) is 52.8 Å². The van der Waals surface area contributed by atoms with E-state index in [-0.39, 0.29) is 10.3 Å². The van der Waals surface area contributed by atoms with Gasteiger partial charge in [0, 0.05) is 12.5 Å². The van der Waals surface area contributed by atoms with Crippen LogP contribution in [0.2, 0.25) is 0 Å². The maximum Gasteiger partial charge on any atom is 0.284 e. The highest BCUT2D eigenvalue weighted by atomic mass is 32.1. The number of H-pyrrole nitrogens is 1. The van der Waals surface area contributed by atoms with Crippen LogP contribution in [0.25, 0.3) is 6.08 Å². The molecule has 1 heterocycles. The van der Waals surface area contributed by atoms with Crippen molar-refractivity contribution < 1.29 is 9.52 Å². The summed E-state index contributed by atoms with van der Waals surface area (Å²) in [7, 11) is 0. The third-order valence-electron chi connectivity index (χ3n) is 4.29. The highest BCUT2D eigenvalue weighted by Gasteiger charge is 2.28. The lowest BCUT2D eigenvalue weighted by Crippen LogP contribution is -2.19. The Morgan fingerprint density at radius 2 is 2.04 bits per heavy atom. The van der Waals surface area contributed by atoms with Gasteiger partial charge in [-0.3, -0.25) is 0 Å². The van der Waals surface area contributed by atoms with E-state index >= 15 is 0 Å². The molecule has 0 spiro atoms. The third kappa shape index (κ3) is 5.71. The van der Waals surface area contributed by atoms with Crippen molar-refractivity contribution in [1.82, 2.24) is 10.2 Å². The Morgan fingerprint density at radius 3 is 2.68 bits per heavy atom. The Labute approximate surface area is 154 Å². The molecule has 1 aliphatic rings. The molecule has 0 fully saturated rings. The Hall–Kier alpha value is -2.14. The maximum atomic E-state index is 10.2. The first-order valence-corrected chi connectivity index (χ1v) is 8.88. The summed E-state index contributed by atoms with van der Waals surface area (Å²) < 4.78 is 5.20. The van der Waals surface area contributed by atoms with Crippen molar-refractivity contribution in [2.24, 2.45) is 5.41 Å². The van der Waals surface area contributed by atoms with Crippen LogP contribution in [-0.4, -0.2) is 15.3 Å². The van der Waals surface area contributed by atoms with E-state index in [0.29, 0.717) is 11.6 Å². The van der Waals surface area contributed by atoms with Crippen LogP contribution in [0.4, 0.5) is 0 Å². The zero-order chi connectivity index (χ0) is 18.4. The van der Waals surface area contributed by atoms with Gasteiger partial charge in [0.15, 0.2) is 0 Å². The molecule has 0 saturated carbocycles. The second kappa shape index (κ2) is 8.30. The van der Waals surface area contributed by atoms with Crippen LogP contribution < -0.4 is 0 Å². The fourth-order valence-electron chi connectivity index (χ4n) is 2.85. The lowest BCUT2D eigenvalue weighted by Gasteiger charge is -2.31. The number of rotatable bonds is 5. The van der Waals surface area contributed by atoms with Gasteiger partial charge < -0.3 is 9.52 Å². The minimum Gasteiger partial charge on any atom is -0.512 e. The zero-order valence-corrected chi connectivity index (χ0v) is 16.1. The summed E-state index contributed by atoms with van der Waals surface area (Å²) in [4.78, 5) is 0.270. The topological polar surface area (TPSA) is 62.1 Å². The SMILES string of the molecule is CC(/C=C/C1=C(O)CCCC1(C)C)=C\C=C\C(C)=C\c1n[nH]c(=S)o1. The lowest BCUT2D eigenvalue weighted by atomic mass is 9.74. The minimum absolute atomic E-state index is 0.0326. The third-order valence-corrected chi connectivity index (χ3v) is 4.47. The van der Waals surface area contributed by atoms with Crippen molar-refractivity contribution in [2.45, 2.75) is 47.0 Å². The van der Waals surface area contributed by atoms with E-state index in [1.54, 1.807) is 0 Å². The summed E-state index contributed by atoms with van der Waals surface area (Å²) in [5.41, 5.74) is 3.20. The first-order chi connectivity index (χ1) is 11.8. The molecule has 2 N–H and O–H groups in total. The van der Waals surface area contributed by atoms with E-state index in [1.165, 1.54) is 0 Å². The number of hydrogen-bond acceptors (Lipinski definition) is 4. The van der Waals surface area contributed by atoms with E-state index in [4.69, 9.17) is 16.6 Å². The van der Waals surface area contributed by atoms with Gasteiger partial charge in [0.2, 0.25) is 5.89 Å². The lowest BCUT2D eigenvalue weighted by molar-refractivity contribution is 0.292. The summed E-state index contributed by atoms with van der Waals surface area (Å²) in [5.74, 6) is 0.994. The molecule has 0 unspecified atom stereocenters. The monoisotopic (exact) mass is 358 g/mol. The first kappa shape index (κ1) is 19.2. The van der Waals surface area contributed by atoms with E-state index < -0.39 is 0 Å². The summed E-state index contributed by atoms with van der Waals surface area (Å²) in [6.45, 7) is 8.38. The number of aliphatic hydroxyl groups excluding tert-OH is 1. The van der Waals surface area contributed by atoms with Crippen molar-refractivity contribution in [3.8, 4) is 0 Å². The van der Waals surface area contributed by atoms with Gasteiger partial charge in [-0.05, 0) is 55.5 Å². The van der Waals surface area contributed by atoms with E-state index in [1.807, 2.05) is 44.2 Å². The summed E-state index contributed by atoms with van der Waals surface area (Å²) in [5, 5.41) is 16.7. The van der Waals surface area contributed by atoms with E-state index in [0.717, 1.165) is 36.0 Å². The molecule has 25 heavy (non-hydrogen) atoms. The van der Waals surface area contributed by atoms with Gasteiger partial charge in [0.05, 0.1) is 5.76 Å². The van der Waals surface area contributed by atoms with Crippen LogP contribution in [0.3, 0.4) is 0 Å². The molecular formula is C20H26N2O2S. The minimum atomic E-state index is 0.0326. The van der Waals surface area contributed by atoms with Crippen molar-refractivity contribution in [3.05, 3.63) is 63.6 Å². The fourth-order valence-corrected chi connectivity index (χ4v) is 2.98. The Morgan fingerprint density at radius 1 is 1.28 bits per heavy atom. The Kier molecular flexibility index (Phi) is 6.37. The number of nitrogens with zero attached hydrogens (tertiary/aromatic N) is 1. The smallest absolute Gasteiger partial charge is 0.284 e. The molecule has 2 rings (SSSR count). The van der Waals surface area contributed by atoms with Crippen LogP contribution in [-0.2, 0) is 0 Å². The molecule has 0 amide bonds. The maximum absolute atomic E-state index is 10.2. The van der Waals surface area contributed by atoms with Gasteiger partial charge >= 0.3 is 0 Å². The van der Waals surface area contributed by atoms with E-state index in [9.17, 15) is 5.11 Å². The number of nitrogens with one attached hydrogen (secondary N) is 1. The highest BCUT2D eigenvalue weighted by molar-refractivity contribution is 7.71. The Balaban J connectivity index is 2.04. The number of hydrogen-bond donors (Lipinski definition) is 2. The van der Waals surface area contributed by atoms with Crippen LogP contribution in [0, 0.1) is 10.3 Å². The molecular weight excluding hydrogens is 332 g/mol. The van der Waals surface area contributed by atoms with Gasteiger partial charge in [-0.15, -0.1) is 5.10 Å². The quantitative estimate of drug-likeness (QED) is 0.485. The number of aromatic amines is 1. The number of aliphatic hydroxyl groups is 1. The molecule has 0 aliphatic heterocycles. The second-order valence-electron chi connectivity index (χ2n) is 7.04. The fraction of sp³-hybridized carbons (Fsp3) is 0.400. The Bertz CT molecular complexity index is 817. The van der Waals surface area contributed by atoms with Crippen LogP contribution in [0.15, 0.2) is 57.3 Å². The molecule has 0 radical (unpaired) electrons. The largest absolute Gasteiger partial charge is 0.512 e. The van der Waals surface area contributed by atoms with E-state index in [2.05, 4.69) is 30.1 Å². The van der Waals surface area contributed by atoms with Crippen molar-refractivity contribution in [2.75, 3.05) is 0 Å². The molecule has 1 aromatic rings. The molecule has 0 bridgehead atoms. The number of aromatic nitrogens is 2. The van der Waals surface area contributed by atoms with Crippen molar-refractivity contribution in [3.63, 3.8) is 0 Å². The molecule has 0 atom stereocenters. The molecule has 1 aliphatic carbocycles. The molecule has 1 aromatic heterocycles. The van der Waals surface area contributed by atoms with Gasteiger partial charge in [-0.1, -0.05) is 49.8 Å². The summed E-state index contributed by atoms with van der Waals surface area (Å²) >= 11 is 4.84. The average Bonchev–Trinajstić information content (AvgIpc) is 2.91. The van der Waals surface area contributed by atoms with Gasteiger partial charge in [0.1, 0.15) is 0 Å². The number of allylic oxidation sites excluding steroid dienone is 9. The average molecular weight is 359 g/mol. The summed E-state index contributed by atoms with van der Waals surface area (Å²) in [6.07, 6.45) is 14.8. The second-order valence-corrected chi connectivity index (χ2v) is 7.41. The van der Waals surface area contributed by atoms with Gasteiger partial charge in [0.25, 0.3) is 4.84 Å². The van der Waals surface area contributed by atoms with Crippen molar-refractivity contribution in [1.29, 1.82) is 0 Å². The van der Waals surface area contributed by atoms with Gasteiger partial charge in [-0.25, -0.2) is 5.10 Å². The standard InChI is InChI=1S/C20H26N2O2S/c1-14(10-11-16-17(23)9-6-12-20(16,3)4)7-5-8-15(2)13-18-21-22-19(25)24-18/h5,7-8,10-11,13,23H,6,9,12H2,1-4H3,(H,22,25)/b8-5+,11-10+,14-7+,15-13+. The molecule has 5 heteroatoms. The highest BCUT2D eigenvalue weighted by Crippen LogP contribution is 2.40. The molecule has 0 aromatic carbocycles. The zero-order valence-electron chi connectivity index (χ0n) is 15.3. The van der Waals surface area contributed by atoms with Crippen molar-refractivity contribution >= 4 is 18.3 Å². The predicted octanol–water partition coefficient (Wildman–Crippen LogP) is 6.22. The molecule has 134 valence electrons. The predicted molar refractivity (Wildman–Crippen MR) is 105 cm³/mol. The van der Waals surface area contributed by atoms with Crippen LogP contribution in [0.5, 0.6) is 0 Å². The normalized spacial score (nSPS) is 19.4. The molecule has 4 nitrogen and oxygen atoms in total. The van der Waals surface area contributed by atoms with Gasteiger partial charge in [-0.2, -0.15) is 0 Å². The molecule has 0 saturated heterocycles. The first-order valence-electron chi connectivity index (χ1n) is 8.47.